The Balaban J connectivity index is 0.000000572. The summed E-state index contributed by atoms with van der Waals surface area (Å²) in [5, 5.41) is 0. The molecule has 1 aromatic heterocycles. The van der Waals surface area contributed by atoms with Crippen LogP contribution < -0.4 is 11.2 Å². The maximum atomic E-state index is 11.8. The Morgan fingerprint density at radius 1 is 0.290 bits per heavy atom. The molecule has 7 saturated heterocycles. The number of piperidine rings is 4. The van der Waals surface area contributed by atoms with E-state index in [4.69, 9.17) is 0 Å². The van der Waals surface area contributed by atoms with E-state index in [1.54, 1.807) is 10.8 Å². The summed E-state index contributed by atoms with van der Waals surface area (Å²) in [5.74, 6) is 9.15. The molecule has 8 rings (SSSR count). The molecule has 0 aliphatic carbocycles. The van der Waals surface area contributed by atoms with E-state index in [2.05, 4.69) is 223 Å². The number of rotatable bonds is 16. The van der Waals surface area contributed by atoms with Gasteiger partial charge in [0.1, 0.15) is 0 Å². The van der Waals surface area contributed by atoms with Gasteiger partial charge in [-0.15, -0.1) is 0 Å². The summed E-state index contributed by atoms with van der Waals surface area (Å²) in [6.45, 7) is 87.6. The molecule has 0 bridgehead atoms. The van der Waals surface area contributed by atoms with E-state index in [0.717, 1.165) is 111 Å². The van der Waals surface area contributed by atoms with Crippen LogP contribution in [-0.4, -0.2) is 224 Å². The molecule has 0 N–H and O–H groups in total. The molecule has 0 aromatic carbocycles. The van der Waals surface area contributed by atoms with Crippen molar-refractivity contribution in [2.45, 2.75) is 346 Å². The average Bonchev–Trinajstić information content (AvgIpc) is 0.983. The Morgan fingerprint density at radius 2 is 0.650 bits per heavy atom. The van der Waals surface area contributed by atoms with Crippen molar-refractivity contribution < 1.29 is 14.4 Å². The molecule has 0 saturated carbocycles. The van der Waals surface area contributed by atoms with Gasteiger partial charge in [-0.3, -0.25) is 43.0 Å². The summed E-state index contributed by atoms with van der Waals surface area (Å²) in [6, 6.07) is 6.67. The van der Waals surface area contributed by atoms with E-state index in [9.17, 15) is 24.0 Å². The van der Waals surface area contributed by atoms with Crippen molar-refractivity contribution in [1.82, 2.24) is 53.2 Å². The Hall–Kier alpha value is -3.15. The molecule has 7 aliphatic rings. The molecule has 100 heavy (non-hydrogen) atoms. The first-order valence-electron chi connectivity index (χ1n) is 41.1. The van der Waals surface area contributed by atoms with E-state index in [0.29, 0.717) is 66.2 Å². The highest BCUT2D eigenvalue weighted by Crippen LogP contribution is 2.30. The van der Waals surface area contributed by atoms with Crippen LogP contribution in [0.25, 0.3) is 0 Å². The zero-order valence-corrected chi connectivity index (χ0v) is 71.7. The molecule has 7 fully saturated rings. The molecule has 1 aromatic rings. The van der Waals surface area contributed by atoms with Crippen LogP contribution >= 0.6 is 0 Å². The van der Waals surface area contributed by atoms with Crippen molar-refractivity contribution in [2.24, 2.45) is 59.2 Å². The van der Waals surface area contributed by atoms with E-state index in [-0.39, 0.29) is 29.2 Å². The predicted molar refractivity (Wildman–Crippen MR) is 430 cm³/mol. The zero-order chi connectivity index (χ0) is 76.7. The van der Waals surface area contributed by atoms with E-state index in [1.807, 2.05) is 42.4 Å². The zero-order valence-electron chi connectivity index (χ0n) is 71.7. The van der Waals surface area contributed by atoms with Gasteiger partial charge >= 0.3 is 5.69 Å². The first kappa shape index (κ1) is 94.9. The van der Waals surface area contributed by atoms with Gasteiger partial charge < -0.3 is 29.4 Å². The highest BCUT2D eigenvalue weighted by Gasteiger charge is 2.32. The Kier molecular flexibility index (Phi) is 45.7. The van der Waals surface area contributed by atoms with E-state index in [1.165, 1.54) is 115 Å². The first-order valence-corrected chi connectivity index (χ1v) is 41.1. The third kappa shape index (κ3) is 34.4. The van der Waals surface area contributed by atoms with Crippen LogP contribution in [0.2, 0.25) is 0 Å². The number of aromatic nitrogens is 2. The van der Waals surface area contributed by atoms with Crippen LogP contribution in [0.4, 0.5) is 0 Å². The highest BCUT2D eigenvalue weighted by molar-refractivity contribution is 5.79. The number of hydrogen-bond acceptors (Lipinski definition) is 11. The Bertz CT molecular complexity index is 2330. The van der Waals surface area contributed by atoms with Crippen LogP contribution in [0.15, 0.2) is 21.9 Å². The minimum atomic E-state index is -0.234. The summed E-state index contributed by atoms with van der Waals surface area (Å²) in [7, 11) is 0. The SMILES string of the molecule is CC(C)C1CCC(=O)N(C(C)C)C1.CC(C)C1CCCN(C(C)C)C1.CC(C)C1CCN(C(C)C)C(=O)C1.CC(C)C1CCN(C(C)C)C1.CC(C)C1CCN(C(C)C)CC1.CC(C)N1CCN(C(C)C)C(=O)C1.CC(C)N1CCN(C(C)C)CC1.CC(C)n1ccc(=O)n(C(C)C)c1=O. The molecular weight excluding hydrogens is 1240 g/mol. The van der Waals surface area contributed by atoms with Gasteiger partial charge in [0, 0.05) is 157 Å². The van der Waals surface area contributed by atoms with Crippen LogP contribution in [0.3, 0.4) is 0 Å². The monoisotopic (exact) mass is 1410 g/mol. The summed E-state index contributed by atoms with van der Waals surface area (Å²) >= 11 is 0. The topological polar surface area (TPSA) is 124 Å². The second kappa shape index (κ2) is 48.1. The fourth-order valence-corrected chi connectivity index (χ4v) is 14.8. The van der Waals surface area contributed by atoms with Crippen molar-refractivity contribution >= 4 is 17.7 Å². The Morgan fingerprint density at radius 3 is 1.01 bits per heavy atom. The largest absolute Gasteiger partial charge is 0.340 e. The first-order chi connectivity index (χ1) is 46.4. The molecule has 7 aliphatic heterocycles. The van der Waals surface area contributed by atoms with Crippen LogP contribution in [0.5, 0.6) is 0 Å². The lowest BCUT2D eigenvalue weighted by atomic mass is 9.86. The van der Waals surface area contributed by atoms with Crippen molar-refractivity contribution in [3.63, 3.8) is 0 Å². The third-order valence-corrected chi connectivity index (χ3v) is 23.0. The molecule has 16 heteroatoms. The normalized spacial score (nSPS) is 22.3. The summed E-state index contributed by atoms with van der Waals surface area (Å²) in [4.78, 5) is 79.2. The van der Waals surface area contributed by atoms with Crippen molar-refractivity contribution in [3.8, 4) is 0 Å². The minimum absolute atomic E-state index is 0.0769. The van der Waals surface area contributed by atoms with Gasteiger partial charge in [-0.05, 0) is 283 Å². The molecule has 588 valence electrons. The van der Waals surface area contributed by atoms with Gasteiger partial charge in [-0.25, -0.2) is 4.79 Å². The lowest BCUT2D eigenvalue weighted by molar-refractivity contribution is -0.139. The number of piperazine rings is 2. The minimum Gasteiger partial charge on any atom is -0.340 e. The summed E-state index contributed by atoms with van der Waals surface area (Å²) in [6.07, 6.45) is 12.4. The maximum Gasteiger partial charge on any atom is 0.331 e. The van der Waals surface area contributed by atoms with Crippen molar-refractivity contribution in [1.29, 1.82) is 0 Å². The van der Waals surface area contributed by atoms with Gasteiger partial charge in [0.2, 0.25) is 17.7 Å². The second-order valence-electron chi connectivity index (χ2n) is 35.6. The number of nitrogens with zero attached hydrogens (tertiary/aromatic N) is 11. The van der Waals surface area contributed by atoms with Gasteiger partial charge in [0.05, 0.1) is 6.54 Å². The molecule has 4 unspecified atom stereocenters. The Labute approximate surface area is 618 Å². The molecule has 3 amide bonds. The smallest absolute Gasteiger partial charge is 0.331 e. The highest BCUT2D eigenvalue weighted by atomic mass is 16.2. The van der Waals surface area contributed by atoms with E-state index >= 15 is 0 Å². The average molecular weight is 1410 g/mol. The van der Waals surface area contributed by atoms with Crippen molar-refractivity contribution in [2.75, 3.05) is 98.2 Å². The number of carbonyl (C=O) groups excluding carboxylic acids is 3. The molecule has 4 atom stereocenters. The summed E-state index contributed by atoms with van der Waals surface area (Å²) < 4.78 is 2.82. The number of carbonyl (C=O) groups is 3. The van der Waals surface area contributed by atoms with Gasteiger partial charge in [-0.1, -0.05) is 69.2 Å². The third-order valence-electron chi connectivity index (χ3n) is 23.0. The predicted octanol–water partition coefficient (Wildman–Crippen LogP) is 16.0. The molecule has 0 radical (unpaired) electrons. The fraction of sp³-hybridized carbons (Fsp3) is 0.917. The fourth-order valence-electron chi connectivity index (χ4n) is 14.8. The quantitative estimate of drug-likeness (QED) is 0.157. The van der Waals surface area contributed by atoms with Crippen LogP contribution in [-0.2, 0) is 14.4 Å². The van der Waals surface area contributed by atoms with Gasteiger partial charge in [0.15, 0.2) is 0 Å². The maximum absolute atomic E-state index is 11.8. The van der Waals surface area contributed by atoms with Crippen LogP contribution in [0.1, 0.15) is 291 Å². The number of hydrogen-bond donors (Lipinski definition) is 0. The second-order valence-corrected chi connectivity index (χ2v) is 35.6. The van der Waals surface area contributed by atoms with Gasteiger partial charge in [-0.2, -0.15) is 0 Å². The molecule has 0 spiro atoms. The number of amides is 3. The molecular formula is C84H167N11O5. The lowest BCUT2D eigenvalue weighted by Crippen LogP contribution is -2.54. The van der Waals surface area contributed by atoms with Crippen molar-refractivity contribution in [3.05, 3.63) is 33.1 Å². The lowest BCUT2D eigenvalue weighted by Gasteiger charge is -2.38. The van der Waals surface area contributed by atoms with Crippen LogP contribution in [0, 0.1) is 59.2 Å². The van der Waals surface area contributed by atoms with Gasteiger partial charge in [0.25, 0.3) is 5.56 Å². The standard InChI is InChI=1S/2C11H21NO.2C11H23N.C10H16N2O2.C10H20N2O.C10H22N2.C10H21N/c1-8(2)10-5-6-12(9(3)4)11(13)7-10;1-8(2)10-5-6-11(13)12(7-10)9(3)4;1-9(2)11-5-7-12(8-6-11)10(3)4;1-9(2)11-6-5-7-12(8-11)10(3)4;1-7(2)11-6-5-9(13)12(8(3)4)10(11)14;1-8(2)11-5-6-12(9(3)4)10(13)7-11;1-9(2)11-5-7-12(8-6-11)10(3)4;1-8(2)10-5-6-11(7-10)9(3)4/h2*8-10H,5-7H2,1-4H3;2*9-11H,5-8H2,1-4H3;5-8H,1-4H3;8-9H,5-7H2,1-4H3;9-10H,5-8H2,1-4H3;8-10H,5-7H2,1-4H3. The number of likely N-dealkylation sites (tertiary alicyclic amines) is 5. The molecule has 16 nitrogen and oxygen atoms in total. The van der Waals surface area contributed by atoms with E-state index < -0.39 is 0 Å². The summed E-state index contributed by atoms with van der Waals surface area (Å²) in [5.41, 5.74) is -0.468. The molecule has 8 heterocycles.